The second kappa shape index (κ2) is 17.1. The van der Waals surface area contributed by atoms with Crippen molar-refractivity contribution in [1.82, 2.24) is 4.90 Å². The number of phenols is 2. The average Bonchev–Trinajstić information content (AvgIpc) is 3.14. The van der Waals surface area contributed by atoms with Crippen molar-refractivity contribution in [3.05, 3.63) is 51.6 Å². The van der Waals surface area contributed by atoms with Gasteiger partial charge in [0.1, 0.15) is 22.8 Å². The average molecular weight is 740 g/mol. The molecule has 0 amide bonds. The standard InChI is InChI=1S/C40H53NO12/c1-6-9-15-29(43)51-21-28(42)40(49)19-24-32(39(48)34-33(37(24)46)36(45)23-13-12-14-26(50-5)31(23)38(34)47)27(20-40)53-30-18-25(35(44)22(4)52-30)41(16-10-7-2)17-11-8-3/h12-14,22,25,27,30,35,44,46,48-49H,6-11,15-21H2,1-5H3/t22-,25-,27-,30-,35+,40-/m0/s1. The van der Waals surface area contributed by atoms with Crippen molar-refractivity contribution in [3.8, 4) is 17.2 Å². The van der Waals surface area contributed by atoms with E-state index in [1.807, 2.05) is 6.92 Å². The lowest BCUT2D eigenvalue weighted by Gasteiger charge is -2.45. The lowest BCUT2D eigenvalue weighted by atomic mass is 9.72. The summed E-state index contributed by atoms with van der Waals surface area (Å²) < 4.78 is 23.2. The molecule has 1 fully saturated rings. The molecule has 1 heterocycles. The van der Waals surface area contributed by atoms with Crippen LogP contribution in [0.5, 0.6) is 17.2 Å². The number of phenolic OH excluding ortho intramolecular Hbond substituents is 2. The minimum atomic E-state index is -2.28. The van der Waals surface area contributed by atoms with Crippen LogP contribution in [-0.4, -0.2) is 106 Å². The summed E-state index contributed by atoms with van der Waals surface area (Å²) in [6.07, 6.45) is 0.432. The van der Waals surface area contributed by atoms with E-state index in [2.05, 4.69) is 18.7 Å². The van der Waals surface area contributed by atoms with Crippen LogP contribution in [0, 0.1) is 0 Å². The molecule has 0 radical (unpaired) electrons. The SMILES string of the molecule is CCCCC(=O)OCC(=O)[C@]1(O)Cc2c(O)c3c(c(O)c2[C@@H](O[C@H]2C[C@H](N(CCCC)CCCC)[C@H](O)[C@H](C)O2)C1)C(=O)c1c(OC)cccc1C3=O. The second-order valence-electron chi connectivity index (χ2n) is 14.4. The zero-order chi connectivity index (χ0) is 38.6. The van der Waals surface area contributed by atoms with E-state index in [1.165, 1.54) is 25.3 Å². The maximum Gasteiger partial charge on any atom is 0.306 e. The lowest BCUT2D eigenvalue weighted by molar-refractivity contribution is -0.258. The summed E-state index contributed by atoms with van der Waals surface area (Å²) in [7, 11) is 1.34. The number of ketones is 3. The van der Waals surface area contributed by atoms with Crippen LogP contribution in [0.25, 0.3) is 0 Å². The largest absolute Gasteiger partial charge is 0.507 e. The normalized spacial score (nSPS) is 25.1. The van der Waals surface area contributed by atoms with E-state index in [1.54, 1.807) is 6.92 Å². The van der Waals surface area contributed by atoms with Crippen molar-refractivity contribution in [2.24, 2.45) is 0 Å². The molecule has 1 saturated heterocycles. The van der Waals surface area contributed by atoms with Gasteiger partial charge < -0.3 is 39.4 Å². The first-order chi connectivity index (χ1) is 25.3. The minimum Gasteiger partial charge on any atom is -0.507 e. The van der Waals surface area contributed by atoms with Gasteiger partial charge in [-0.3, -0.25) is 24.1 Å². The number of nitrogens with zero attached hydrogens (tertiary/aromatic N) is 1. The number of aliphatic hydroxyl groups is 2. The van der Waals surface area contributed by atoms with Gasteiger partial charge in [0, 0.05) is 48.4 Å². The lowest BCUT2D eigenvalue weighted by Crippen LogP contribution is -2.56. The molecule has 4 N–H and O–H groups in total. The zero-order valence-electron chi connectivity index (χ0n) is 31.3. The Morgan fingerprint density at radius 2 is 1.62 bits per heavy atom. The number of hydrogen-bond acceptors (Lipinski definition) is 13. The Morgan fingerprint density at radius 3 is 2.26 bits per heavy atom. The van der Waals surface area contributed by atoms with Gasteiger partial charge in [0.2, 0.25) is 11.6 Å². The minimum absolute atomic E-state index is 0.0460. The topological polar surface area (TPSA) is 189 Å². The van der Waals surface area contributed by atoms with Crippen LogP contribution < -0.4 is 4.74 Å². The molecule has 0 bridgehead atoms. The van der Waals surface area contributed by atoms with Gasteiger partial charge in [0.15, 0.2) is 18.7 Å². The second-order valence-corrected chi connectivity index (χ2v) is 14.4. The summed E-state index contributed by atoms with van der Waals surface area (Å²) >= 11 is 0. The molecule has 0 unspecified atom stereocenters. The summed E-state index contributed by atoms with van der Waals surface area (Å²) in [6.45, 7) is 8.56. The van der Waals surface area contributed by atoms with Crippen LogP contribution in [0.2, 0.25) is 0 Å². The van der Waals surface area contributed by atoms with Gasteiger partial charge in [-0.2, -0.15) is 0 Å². The first kappa shape index (κ1) is 40.3. The molecule has 53 heavy (non-hydrogen) atoms. The number of rotatable bonds is 16. The van der Waals surface area contributed by atoms with E-state index in [4.69, 9.17) is 18.9 Å². The van der Waals surface area contributed by atoms with Crippen LogP contribution >= 0.6 is 0 Å². The summed E-state index contributed by atoms with van der Waals surface area (Å²) in [5.74, 6) is -4.21. The van der Waals surface area contributed by atoms with Gasteiger partial charge in [0.05, 0.1) is 42.1 Å². The summed E-state index contributed by atoms with van der Waals surface area (Å²) in [5.41, 5.74) is -3.56. The first-order valence-electron chi connectivity index (χ1n) is 18.8. The Hall–Kier alpha value is -3.88. The number of ether oxygens (including phenoxy) is 4. The fraction of sp³-hybridized carbons (Fsp3) is 0.600. The van der Waals surface area contributed by atoms with E-state index in [0.717, 1.165) is 45.2 Å². The third kappa shape index (κ3) is 8.00. The van der Waals surface area contributed by atoms with Crippen molar-refractivity contribution in [2.75, 3.05) is 26.8 Å². The number of aromatic hydroxyl groups is 2. The molecule has 0 aromatic heterocycles. The molecule has 6 atom stereocenters. The molecule has 2 aromatic carbocycles. The van der Waals surface area contributed by atoms with Crippen molar-refractivity contribution in [1.29, 1.82) is 0 Å². The Morgan fingerprint density at radius 1 is 0.962 bits per heavy atom. The molecule has 1 aliphatic heterocycles. The first-order valence-corrected chi connectivity index (χ1v) is 18.8. The van der Waals surface area contributed by atoms with Crippen molar-refractivity contribution >= 4 is 23.3 Å². The summed E-state index contributed by atoms with van der Waals surface area (Å²) in [4.78, 5) is 56.2. The molecule has 13 nitrogen and oxygen atoms in total. The predicted molar refractivity (Wildman–Crippen MR) is 192 cm³/mol. The van der Waals surface area contributed by atoms with Gasteiger partial charge in [0.25, 0.3) is 0 Å². The fourth-order valence-electron chi connectivity index (χ4n) is 7.75. The number of aliphatic hydroxyl groups excluding tert-OH is 1. The highest BCUT2D eigenvalue weighted by atomic mass is 16.7. The molecule has 0 spiro atoms. The number of hydrogen-bond donors (Lipinski definition) is 4. The van der Waals surface area contributed by atoms with Crippen molar-refractivity contribution in [2.45, 2.75) is 128 Å². The summed E-state index contributed by atoms with van der Waals surface area (Å²) in [6, 6.07) is 4.08. The van der Waals surface area contributed by atoms with Gasteiger partial charge in [-0.05, 0) is 45.3 Å². The van der Waals surface area contributed by atoms with Crippen LogP contribution in [0.4, 0.5) is 0 Å². The molecule has 0 saturated carbocycles. The quantitative estimate of drug-likeness (QED) is 0.117. The third-order valence-electron chi connectivity index (χ3n) is 10.8. The number of carbonyl (C=O) groups excluding carboxylic acids is 4. The van der Waals surface area contributed by atoms with E-state index >= 15 is 0 Å². The molecule has 290 valence electrons. The van der Waals surface area contributed by atoms with Crippen molar-refractivity contribution < 1.29 is 58.6 Å². The zero-order valence-corrected chi connectivity index (χ0v) is 31.3. The number of esters is 1. The van der Waals surface area contributed by atoms with E-state index < -0.39 is 95.6 Å². The fourth-order valence-corrected chi connectivity index (χ4v) is 7.75. The molecule has 5 rings (SSSR count). The van der Waals surface area contributed by atoms with E-state index in [0.29, 0.717) is 6.42 Å². The van der Waals surface area contributed by atoms with Crippen LogP contribution in [0.3, 0.4) is 0 Å². The number of fused-ring (bicyclic) bond motifs is 3. The Labute approximate surface area is 310 Å². The van der Waals surface area contributed by atoms with E-state index in [9.17, 15) is 39.6 Å². The number of unbranched alkanes of at least 4 members (excludes halogenated alkanes) is 3. The van der Waals surface area contributed by atoms with Gasteiger partial charge in [-0.1, -0.05) is 52.2 Å². The Kier molecular flexibility index (Phi) is 13.0. The monoisotopic (exact) mass is 739 g/mol. The van der Waals surface area contributed by atoms with Crippen molar-refractivity contribution in [3.63, 3.8) is 0 Å². The van der Waals surface area contributed by atoms with Crippen LogP contribution in [0.15, 0.2) is 18.2 Å². The van der Waals surface area contributed by atoms with Gasteiger partial charge >= 0.3 is 5.97 Å². The molecule has 2 aromatic rings. The van der Waals surface area contributed by atoms with Crippen LogP contribution in [-0.2, 0) is 30.2 Å². The van der Waals surface area contributed by atoms with E-state index in [-0.39, 0.29) is 46.9 Å². The van der Waals surface area contributed by atoms with Gasteiger partial charge in [-0.25, -0.2) is 0 Å². The highest BCUT2D eigenvalue weighted by molar-refractivity contribution is 6.31. The number of methoxy groups -OCH3 is 1. The van der Waals surface area contributed by atoms with Gasteiger partial charge in [-0.15, -0.1) is 0 Å². The molecule has 13 heteroatoms. The highest BCUT2D eigenvalue weighted by Gasteiger charge is 2.51. The number of benzene rings is 2. The number of carbonyl (C=O) groups is 4. The highest BCUT2D eigenvalue weighted by Crippen LogP contribution is 2.52. The molecular weight excluding hydrogens is 686 g/mol. The maximum atomic E-state index is 14.1. The predicted octanol–water partition coefficient (Wildman–Crippen LogP) is 4.69. The molecular formula is C40H53NO12. The smallest absolute Gasteiger partial charge is 0.306 e. The maximum absolute atomic E-state index is 14.1. The Bertz CT molecular complexity index is 1700. The molecule has 3 aliphatic rings. The summed E-state index contributed by atoms with van der Waals surface area (Å²) in [5, 5.41) is 47.0. The Balaban J connectivity index is 1.58. The number of Topliss-reactive ketones (excluding diaryl/α,β-unsaturated/α-hetero) is 1. The molecule has 2 aliphatic carbocycles. The van der Waals surface area contributed by atoms with Crippen LogP contribution in [0.1, 0.15) is 135 Å². The third-order valence-corrected chi connectivity index (χ3v) is 10.8.